The summed E-state index contributed by atoms with van der Waals surface area (Å²) >= 11 is 0. The predicted molar refractivity (Wildman–Crippen MR) is 75.2 cm³/mol. The summed E-state index contributed by atoms with van der Waals surface area (Å²) in [5, 5.41) is 3.47. The van der Waals surface area contributed by atoms with Gasteiger partial charge in [-0.2, -0.15) is 0 Å². The normalized spacial score (nSPS) is 21.8. The van der Waals surface area contributed by atoms with Crippen LogP contribution in [0.4, 0.5) is 0 Å². The molecule has 2 rings (SSSR count). The molecule has 0 spiro atoms. The van der Waals surface area contributed by atoms with Gasteiger partial charge in [0, 0.05) is 38.4 Å². The van der Waals surface area contributed by atoms with Crippen LogP contribution in [-0.2, 0) is 20.6 Å². The van der Waals surface area contributed by atoms with E-state index in [1.807, 2.05) is 0 Å². The van der Waals surface area contributed by atoms with Crippen molar-refractivity contribution in [2.75, 3.05) is 0 Å². The molecule has 1 fully saturated rings. The summed E-state index contributed by atoms with van der Waals surface area (Å²) in [6.07, 6.45) is 5.24. The number of rotatable bonds is 3. The Morgan fingerprint density at radius 3 is 2.63 bits per heavy atom. The van der Waals surface area contributed by atoms with Crippen LogP contribution in [0.3, 0.4) is 0 Å². The molecule has 0 aromatic carbocycles. The molecule has 1 saturated carbocycles. The molecule has 0 amide bonds. The lowest BCUT2D eigenvalue weighted by molar-refractivity contribution is 0.282. The maximum absolute atomic E-state index is 12.0. The molecule has 1 aromatic heterocycles. The second-order valence-electron chi connectivity index (χ2n) is 6.23. The van der Waals surface area contributed by atoms with Crippen LogP contribution in [0.1, 0.15) is 38.7 Å². The molecule has 1 aromatic rings. The van der Waals surface area contributed by atoms with Crippen molar-refractivity contribution in [3.05, 3.63) is 32.6 Å². The Hall–Kier alpha value is -1.36. The lowest BCUT2D eigenvalue weighted by atomic mass is 9.87. The van der Waals surface area contributed by atoms with Gasteiger partial charge in [0.05, 0.1) is 0 Å². The molecule has 1 unspecified atom stereocenters. The predicted octanol–water partition coefficient (Wildman–Crippen LogP) is 0.752. The third-order valence-electron chi connectivity index (χ3n) is 4.31. The molecular weight excluding hydrogens is 242 g/mol. The minimum Gasteiger partial charge on any atom is -0.309 e. The molecule has 1 N–H and O–H groups in total. The monoisotopic (exact) mass is 265 g/mol. The van der Waals surface area contributed by atoms with Crippen LogP contribution in [0.15, 0.2) is 15.8 Å². The Bertz CT molecular complexity index is 583. The Kier molecular flexibility index (Phi) is 3.67. The van der Waals surface area contributed by atoms with Gasteiger partial charge in [-0.05, 0) is 18.3 Å². The van der Waals surface area contributed by atoms with E-state index in [9.17, 15) is 9.59 Å². The lowest BCUT2D eigenvalue weighted by Gasteiger charge is -2.28. The average Bonchev–Trinajstić information content (AvgIpc) is 2.69. The molecule has 19 heavy (non-hydrogen) atoms. The second-order valence-corrected chi connectivity index (χ2v) is 6.23. The molecule has 106 valence electrons. The van der Waals surface area contributed by atoms with E-state index in [2.05, 4.69) is 19.2 Å². The van der Waals surface area contributed by atoms with E-state index >= 15 is 0 Å². The Morgan fingerprint density at radius 1 is 1.37 bits per heavy atom. The standard InChI is InChI=1S/C14H23N3O2/c1-14(2)7-5-6-11(14)15-8-10-9-16(3)13(19)17(4)12(10)18/h9,11,15H,5-8H2,1-4H3. The van der Waals surface area contributed by atoms with Crippen LogP contribution in [0.2, 0.25) is 0 Å². The van der Waals surface area contributed by atoms with Crippen molar-refractivity contribution in [3.8, 4) is 0 Å². The van der Waals surface area contributed by atoms with Crippen LogP contribution >= 0.6 is 0 Å². The summed E-state index contributed by atoms with van der Waals surface area (Å²) in [7, 11) is 3.19. The molecule has 1 aliphatic rings. The fraction of sp³-hybridized carbons (Fsp3) is 0.714. The third kappa shape index (κ3) is 2.66. The maximum atomic E-state index is 12.0. The van der Waals surface area contributed by atoms with Gasteiger partial charge in [0.2, 0.25) is 0 Å². The van der Waals surface area contributed by atoms with Crippen molar-refractivity contribution in [1.29, 1.82) is 0 Å². The van der Waals surface area contributed by atoms with E-state index in [1.54, 1.807) is 13.2 Å². The summed E-state index contributed by atoms with van der Waals surface area (Å²) < 4.78 is 2.62. The SMILES string of the molecule is Cn1cc(CNC2CCCC2(C)C)c(=O)n(C)c1=O. The van der Waals surface area contributed by atoms with Gasteiger partial charge < -0.3 is 9.88 Å². The number of hydrogen-bond acceptors (Lipinski definition) is 3. The van der Waals surface area contributed by atoms with Crippen LogP contribution in [0, 0.1) is 5.41 Å². The minimum atomic E-state index is -0.282. The molecular formula is C14H23N3O2. The third-order valence-corrected chi connectivity index (χ3v) is 4.31. The van der Waals surface area contributed by atoms with Gasteiger partial charge in [0.15, 0.2) is 0 Å². The smallest absolute Gasteiger partial charge is 0.309 e. The van der Waals surface area contributed by atoms with Crippen molar-refractivity contribution in [2.24, 2.45) is 19.5 Å². The zero-order chi connectivity index (χ0) is 14.2. The van der Waals surface area contributed by atoms with Crippen LogP contribution in [0.25, 0.3) is 0 Å². The van der Waals surface area contributed by atoms with Gasteiger partial charge >= 0.3 is 5.69 Å². The first-order valence-electron chi connectivity index (χ1n) is 6.82. The molecule has 1 heterocycles. The lowest BCUT2D eigenvalue weighted by Crippen LogP contribution is -2.42. The van der Waals surface area contributed by atoms with Gasteiger partial charge in [-0.15, -0.1) is 0 Å². The zero-order valence-corrected chi connectivity index (χ0v) is 12.2. The fourth-order valence-corrected chi connectivity index (χ4v) is 2.94. The van der Waals surface area contributed by atoms with E-state index in [-0.39, 0.29) is 16.7 Å². The number of aryl methyl sites for hydroxylation is 1. The molecule has 0 aliphatic heterocycles. The van der Waals surface area contributed by atoms with Crippen molar-refractivity contribution in [3.63, 3.8) is 0 Å². The van der Waals surface area contributed by atoms with Gasteiger partial charge in [0.1, 0.15) is 0 Å². The summed E-state index contributed by atoms with van der Waals surface area (Å²) in [4.78, 5) is 23.6. The number of nitrogens with one attached hydrogen (secondary N) is 1. The largest absolute Gasteiger partial charge is 0.330 e. The zero-order valence-electron chi connectivity index (χ0n) is 12.2. The molecule has 0 saturated heterocycles. The number of nitrogens with zero attached hydrogens (tertiary/aromatic N) is 2. The molecule has 0 bridgehead atoms. The average molecular weight is 265 g/mol. The van der Waals surface area contributed by atoms with Gasteiger partial charge in [-0.25, -0.2) is 4.79 Å². The van der Waals surface area contributed by atoms with Gasteiger partial charge in [0.25, 0.3) is 5.56 Å². The first-order chi connectivity index (χ1) is 8.83. The van der Waals surface area contributed by atoms with Crippen molar-refractivity contribution >= 4 is 0 Å². The number of hydrogen-bond donors (Lipinski definition) is 1. The van der Waals surface area contributed by atoms with Crippen LogP contribution in [-0.4, -0.2) is 15.2 Å². The molecule has 1 atom stereocenters. The van der Waals surface area contributed by atoms with Gasteiger partial charge in [-0.3, -0.25) is 9.36 Å². The Morgan fingerprint density at radius 2 is 2.05 bits per heavy atom. The van der Waals surface area contributed by atoms with Crippen molar-refractivity contribution in [1.82, 2.24) is 14.5 Å². The van der Waals surface area contributed by atoms with Gasteiger partial charge in [-0.1, -0.05) is 20.3 Å². The highest BCUT2D eigenvalue weighted by Crippen LogP contribution is 2.37. The van der Waals surface area contributed by atoms with Crippen molar-refractivity contribution < 1.29 is 0 Å². The molecule has 5 heteroatoms. The minimum absolute atomic E-state index is 0.202. The molecule has 1 aliphatic carbocycles. The molecule has 5 nitrogen and oxygen atoms in total. The first-order valence-corrected chi connectivity index (χ1v) is 6.82. The maximum Gasteiger partial charge on any atom is 0.330 e. The van der Waals surface area contributed by atoms with E-state index in [0.717, 1.165) is 11.0 Å². The van der Waals surface area contributed by atoms with Crippen LogP contribution < -0.4 is 16.6 Å². The van der Waals surface area contributed by atoms with Crippen molar-refractivity contribution in [2.45, 2.75) is 45.7 Å². The van der Waals surface area contributed by atoms with E-state index < -0.39 is 0 Å². The highest BCUT2D eigenvalue weighted by Gasteiger charge is 2.33. The first kappa shape index (κ1) is 14.1. The Balaban J connectivity index is 2.17. The number of aromatic nitrogens is 2. The second kappa shape index (κ2) is 4.96. The highest BCUT2D eigenvalue weighted by atomic mass is 16.2. The summed E-state index contributed by atoms with van der Waals surface area (Å²) in [5.74, 6) is 0. The highest BCUT2D eigenvalue weighted by molar-refractivity contribution is 5.06. The summed E-state index contributed by atoms with van der Waals surface area (Å²) in [5.41, 5.74) is 0.444. The van der Waals surface area contributed by atoms with E-state index in [0.29, 0.717) is 18.2 Å². The quantitative estimate of drug-likeness (QED) is 0.877. The van der Waals surface area contributed by atoms with E-state index in [1.165, 1.54) is 24.5 Å². The fourth-order valence-electron chi connectivity index (χ4n) is 2.94. The molecule has 0 radical (unpaired) electrons. The topological polar surface area (TPSA) is 56.0 Å². The summed E-state index contributed by atoms with van der Waals surface area (Å²) in [6.45, 7) is 5.04. The summed E-state index contributed by atoms with van der Waals surface area (Å²) in [6, 6.07) is 0.439. The Labute approximate surface area is 113 Å². The van der Waals surface area contributed by atoms with E-state index in [4.69, 9.17) is 0 Å². The van der Waals surface area contributed by atoms with Crippen LogP contribution in [0.5, 0.6) is 0 Å².